The number of anilines is 1. The molecule has 0 bridgehead atoms. The first-order valence-electron chi connectivity index (χ1n) is 11.2. The Kier molecular flexibility index (Phi) is 8.01. The Labute approximate surface area is 223 Å². The highest BCUT2D eigenvalue weighted by Crippen LogP contribution is 2.29. The molecule has 0 aliphatic carbocycles. The van der Waals surface area contributed by atoms with E-state index in [0.29, 0.717) is 27.8 Å². The average molecular weight is 540 g/mol. The van der Waals surface area contributed by atoms with Crippen LogP contribution in [0.5, 0.6) is 11.5 Å². The van der Waals surface area contributed by atoms with Gasteiger partial charge >= 0.3 is 0 Å². The number of hydrogen-bond donors (Lipinski definition) is 2. The van der Waals surface area contributed by atoms with Crippen LogP contribution in [-0.4, -0.2) is 36.8 Å². The van der Waals surface area contributed by atoms with Gasteiger partial charge in [-0.25, -0.2) is 0 Å². The first kappa shape index (κ1) is 26.1. The van der Waals surface area contributed by atoms with Crippen LogP contribution in [-0.2, 0) is 22.7 Å². The summed E-state index contributed by atoms with van der Waals surface area (Å²) in [6, 6.07) is 18.8. The second-order valence-corrected chi connectivity index (χ2v) is 8.90. The average Bonchev–Trinajstić information content (AvgIpc) is 3.11. The van der Waals surface area contributed by atoms with Crippen molar-refractivity contribution in [2.45, 2.75) is 13.1 Å². The van der Waals surface area contributed by atoms with E-state index in [1.54, 1.807) is 73.8 Å². The first-order chi connectivity index (χ1) is 17.8. The zero-order chi connectivity index (χ0) is 26.5. The molecule has 0 fully saturated rings. The molecular formula is C27H23Cl2N3O5. The molecule has 0 radical (unpaired) electrons. The van der Waals surface area contributed by atoms with Crippen molar-refractivity contribution < 1.29 is 23.9 Å². The van der Waals surface area contributed by atoms with E-state index >= 15 is 0 Å². The van der Waals surface area contributed by atoms with Gasteiger partial charge in [0.25, 0.3) is 17.7 Å². The molecule has 0 saturated carbocycles. The highest BCUT2D eigenvalue weighted by molar-refractivity contribution is 6.47. The van der Waals surface area contributed by atoms with Crippen molar-refractivity contribution in [1.82, 2.24) is 10.2 Å². The number of carbonyl (C=O) groups is 3. The predicted octanol–water partition coefficient (Wildman–Crippen LogP) is 4.72. The third-order valence-electron chi connectivity index (χ3n) is 5.71. The molecular weight excluding hydrogens is 517 g/mol. The minimum absolute atomic E-state index is 0.0362. The van der Waals surface area contributed by atoms with E-state index in [0.717, 1.165) is 16.0 Å². The van der Waals surface area contributed by atoms with Crippen LogP contribution in [0.2, 0.25) is 5.02 Å². The number of halogens is 2. The molecule has 37 heavy (non-hydrogen) atoms. The maximum Gasteiger partial charge on any atom is 0.278 e. The molecule has 190 valence electrons. The third kappa shape index (κ3) is 5.87. The summed E-state index contributed by atoms with van der Waals surface area (Å²) in [5.41, 5.74) is 2.51. The number of benzene rings is 3. The molecule has 2 N–H and O–H groups in total. The van der Waals surface area contributed by atoms with Gasteiger partial charge in [-0.15, -0.1) is 0 Å². The van der Waals surface area contributed by atoms with Crippen LogP contribution in [0.25, 0.3) is 0 Å². The Morgan fingerprint density at radius 1 is 0.865 bits per heavy atom. The van der Waals surface area contributed by atoms with Gasteiger partial charge in [0.2, 0.25) is 0 Å². The summed E-state index contributed by atoms with van der Waals surface area (Å²) in [5.74, 6) is -0.306. The first-order valence-corrected chi connectivity index (χ1v) is 11.9. The number of methoxy groups -OCH3 is 2. The minimum Gasteiger partial charge on any atom is -0.497 e. The van der Waals surface area contributed by atoms with Gasteiger partial charge in [0.05, 0.1) is 26.5 Å². The van der Waals surface area contributed by atoms with E-state index in [1.165, 1.54) is 7.11 Å². The van der Waals surface area contributed by atoms with Gasteiger partial charge in [0.15, 0.2) is 0 Å². The Morgan fingerprint density at radius 2 is 1.54 bits per heavy atom. The zero-order valence-corrected chi connectivity index (χ0v) is 21.5. The Bertz CT molecular complexity index is 1370. The molecule has 0 saturated heterocycles. The molecule has 1 heterocycles. The molecule has 0 aromatic heterocycles. The van der Waals surface area contributed by atoms with Crippen molar-refractivity contribution in [3.8, 4) is 11.5 Å². The number of amides is 3. The molecule has 4 rings (SSSR count). The van der Waals surface area contributed by atoms with Gasteiger partial charge in [-0.3, -0.25) is 19.3 Å². The van der Waals surface area contributed by atoms with Crippen LogP contribution >= 0.6 is 23.2 Å². The fraction of sp³-hybridized carbons (Fsp3) is 0.148. The van der Waals surface area contributed by atoms with Crippen molar-refractivity contribution in [1.29, 1.82) is 0 Å². The number of rotatable bonds is 9. The number of nitrogens with zero attached hydrogens (tertiary/aromatic N) is 1. The fourth-order valence-corrected chi connectivity index (χ4v) is 4.05. The maximum absolute atomic E-state index is 12.8. The normalized spacial score (nSPS) is 13.1. The van der Waals surface area contributed by atoms with Crippen LogP contribution in [0.4, 0.5) is 5.69 Å². The van der Waals surface area contributed by atoms with Crippen molar-refractivity contribution in [3.63, 3.8) is 0 Å². The van der Waals surface area contributed by atoms with Gasteiger partial charge in [-0.05, 0) is 47.5 Å². The Balaban J connectivity index is 1.37. The zero-order valence-electron chi connectivity index (χ0n) is 20.0. The molecule has 10 heteroatoms. The predicted molar refractivity (Wildman–Crippen MR) is 141 cm³/mol. The summed E-state index contributed by atoms with van der Waals surface area (Å²) < 4.78 is 10.5. The smallest absolute Gasteiger partial charge is 0.278 e. The van der Waals surface area contributed by atoms with Crippen LogP contribution < -0.4 is 20.1 Å². The highest BCUT2D eigenvalue weighted by atomic mass is 35.5. The lowest BCUT2D eigenvalue weighted by Crippen LogP contribution is -2.33. The lowest BCUT2D eigenvalue weighted by molar-refractivity contribution is -0.138. The maximum atomic E-state index is 12.8. The van der Waals surface area contributed by atoms with E-state index in [2.05, 4.69) is 10.6 Å². The molecule has 3 amide bonds. The minimum atomic E-state index is -0.565. The van der Waals surface area contributed by atoms with E-state index in [9.17, 15) is 14.4 Å². The lowest BCUT2D eigenvalue weighted by atomic mass is 10.1. The largest absolute Gasteiger partial charge is 0.497 e. The van der Waals surface area contributed by atoms with Crippen LogP contribution in [0, 0.1) is 0 Å². The van der Waals surface area contributed by atoms with Crippen molar-refractivity contribution in [3.05, 3.63) is 99.2 Å². The highest BCUT2D eigenvalue weighted by Gasteiger charge is 2.37. The van der Waals surface area contributed by atoms with Crippen molar-refractivity contribution in [2.75, 3.05) is 19.5 Å². The van der Waals surface area contributed by atoms with Gasteiger partial charge in [0.1, 0.15) is 22.2 Å². The van der Waals surface area contributed by atoms with E-state index in [1.807, 2.05) is 0 Å². The number of imide groups is 1. The fourth-order valence-electron chi connectivity index (χ4n) is 3.68. The molecule has 1 aliphatic heterocycles. The quantitative estimate of drug-likeness (QED) is 0.382. The molecule has 3 aromatic carbocycles. The van der Waals surface area contributed by atoms with E-state index < -0.39 is 11.8 Å². The number of ether oxygens (including phenoxy) is 2. The van der Waals surface area contributed by atoms with Crippen molar-refractivity contribution in [2.24, 2.45) is 0 Å². The van der Waals surface area contributed by atoms with Gasteiger partial charge in [0, 0.05) is 23.2 Å². The number of hydrogen-bond acceptors (Lipinski definition) is 6. The lowest BCUT2D eigenvalue weighted by Gasteiger charge is -2.15. The Hall–Kier alpha value is -4.01. The van der Waals surface area contributed by atoms with Crippen LogP contribution in [0.15, 0.2) is 77.5 Å². The Morgan fingerprint density at radius 3 is 2.19 bits per heavy atom. The standard InChI is InChI=1S/C27H23Cl2N3O5/c1-36-20-11-12-21(22(13-20)37-2)31-25(33)18-7-3-16(4-8-18)14-30-24-23(29)26(34)32(27(24)35)15-17-5-9-19(28)10-6-17/h3-13,30H,14-15H2,1-2H3,(H,31,33). The molecule has 8 nitrogen and oxygen atoms in total. The summed E-state index contributed by atoms with van der Waals surface area (Å²) in [5, 5.41) is 6.16. The second kappa shape index (κ2) is 11.4. The summed E-state index contributed by atoms with van der Waals surface area (Å²) in [6.07, 6.45) is 0. The molecule has 0 unspecified atom stereocenters. The SMILES string of the molecule is COc1ccc(NC(=O)c2ccc(CNC3=C(Cl)C(=O)N(Cc4ccc(Cl)cc4)C3=O)cc2)c(OC)c1. The second-order valence-electron chi connectivity index (χ2n) is 8.08. The summed E-state index contributed by atoms with van der Waals surface area (Å²) in [7, 11) is 3.05. The molecule has 0 spiro atoms. The van der Waals surface area contributed by atoms with Crippen LogP contribution in [0.3, 0.4) is 0 Å². The van der Waals surface area contributed by atoms with Crippen LogP contribution in [0.1, 0.15) is 21.5 Å². The summed E-state index contributed by atoms with van der Waals surface area (Å²) in [6.45, 7) is 0.312. The van der Waals surface area contributed by atoms with Gasteiger partial charge in [-0.1, -0.05) is 47.5 Å². The molecule has 1 aliphatic rings. The summed E-state index contributed by atoms with van der Waals surface area (Å²) in [4.78, 5) is 39.2. The van der Waals surface area contributed by atoms with Gasteiger partial charge < -0.3 is 20.1 Å². The number of nitrogens with one attached hydrogen (secondary N) is 2. The third-order valence-corrected chi connectivity index (χ3v) is 6.31. The topological polar surface area (TPSA) is 97.0 Å². The molecule has 3 aromatic rings. The van der Waals surface area contributed by atoms with Crippen molar-refractivity contribution >= 4 is 46.6 Å². The number of carbonyl (C=O) groups excluding carboxylic acids is 3. The monoisotopic (exact) mass is 539 g/mol. The van der Waals surface area contributed by atoms with Gasteiger partial charge in [-0.2, -0.15) is 0 Å². The molecule has 0 atom stereocenters. The van der Waals surface area contributed by atoms with E-state index in [4.69, 9.17) is 32.7 Å². The summed E-state index contributed by atoms with van der Waals surface area (Å²) >= 11 is 12.1. The van der Waals surface area contributed by atoms with E-state index in [-0.39, 0.29) is 29.7 Å².